The molecule has 2 N–H and O–H groups in total. The molecule has 16 heavy (non-hydrogen) atoms. The highest BCUT2D eigenvalue weighted by Crippen LogP contribution is 2.29. The highest BCUT2D eigenvalue weighted by atomic mass is 35.5. The molecule has 0 bridgehead atoms. The minimum atomic E-state index is -0.240. The Kier molecular flexibility index (Phi) is 5.56. The van der Waals surface area contributed by atoms with Gasteiger partial charge in [0, 0.05) is 17.2 Å². The Bertz CT molecular complexity index is 344. The van der Waals surface area contributed by atoms with Crippen molar-refractivity contribution in [3.63, 3.8) is 0 Å². The van der Waals surface area contributed by atoms with Gasteiger partial charge in [0.25, 0.3) is 0 Å². The fraction of sp³-hybridized carbons (Fsp3) is 0.500. The van der Waals surface area contributed by atoms with E-state index in [9.17, 15) is 0 Å². The lowest BCUT2D eigenvalue weighted by Gasteiger charge is -2.23. The monoisotopic (exact) mass is 261 g/mol. The van der Waals surface area contributed by atoms with Gasteiger partial charge in [0.15, 0.2) is 0 Å². The van der Waals surface area contributed by atoms with Gasteiger partial charge in [-0.05, 0) is 30.2 Å². The topological polar surface area (TPSA) is 35.2 Å². The molecular formula is C12H17Cl2NO. The van der Waals surface area contributed by atoms with E-state index in [1.165, 1.54) is 0 Å². The molecule has 2 nitrogen and oxygen atoms in total. The van der Waals surface area contributed by atoms with Crippen LogP contribution in [0, 0.1) is 0 Å². The summed E-state index contributed by atoms with van der Waals surface area (Å²) in [6.07, 6.45) is 1.89. The largest absolute Gasteiger partial charge is 0.379 e. The number of nitrogens with two attached hydrogens (primary N) is 1. The van der Waals surface area contributed by atoms with Crippen LogP contribution in [0.5, 0.6) is 0 Å². The van der Waals surface area contributed by atoms with Crippen LogP contribution >= 0.6 is 23.2 Å². The maximum atomic E-state index is 6.14. The van der Waals surface area contributed by atoms with E-state index in [4.69, 9.17) is 33.7 Å². The number of hydrogen-bond acceptors (Lipinski definition) is 2. The molecule has 0 aliphatic heterocycles. The van der Waals surface area contributed by atoms with Crippen LogP contribution < -0.4 is 5.73 Å². The summed E-state index contributed by atoms with van der Waals surface area (Å²) in [4.78, 5) is 0. The lowest BCUT2D eigenvalue weighted by atomic mass is 9.99. The van der Waals surface area contributed by atoms with Crippen LogP contribution in [0.25, 0.3) is 0 Å². The van der Waals surface area contributed by atoms with Gasteiger partial charge < -0.3 is 10.5 Å². The van der Waals surface area contributed by atoms with E-state index in [1.807, 2.05) is 0 Å². The zero-order valence-electron chi connectivity index (χ0n) is 9.54. The molecule has 0 spiro atoms. The van der Waals surface area contributed by atoms with Gasteiger partial charge in [0.2, 0.25) is 0 Å². The first-order chi connectivity index (χ1) is 7.60. The first-order valence-corrected chi connectivity index (χ1v) is 6.09. The molecule has 0 saturated heterocycles. The summed E-state index contributed by atoms with van der Waals surface area (Å²) >= 11 is 12.0. The van der Waals surface area contributed by atoms with Crippen molar-refractivity contribution in [2.45, 2.75) is 31.9 Å². The van der Waals surface area contributed by atoms with Crippen LogP contribution in [-0.2, 0) is 4.74 Å². The molecule has 1 rings (SSSR count). The number of methoxy groups -OCH3 is 1. The standard InChI is InChI=1S/C12H17Cl2NO/c1-3-4-11(16-2)12(15)9-7-8(13)5-6-10(9)14/h5-7,11-12H,3-4,15H2,1-2H3. The Balaban J connectivity index is 2.93. The lowest BCUT2D eigenvalue weighted by molar-refractivity contribution is 0.0725. The fourth-order valence-electron chi connectivity index (χ4n) is 1.70. The van der Waals surface area contributed by atoms with Crippen molar-refractivity contribution in [1.82, 2.24) is 0 Å². The van der Waals surface area contributed by atoms with Gasteiger partial charge in [-0.25, -0.2) is 0 Å². The van der Waals surface area contributed by atoms with Crippen LogP contribution in [0.3, 0.4) is 0 Å². The summed E-state index contributed by atoms with van der Waals surface area (Å²) in [5.41, 5.74) is 6.98. The van der Waals surface area contributed by atoms with Crippen molar-refractivity contribution >= 4 is 23.2 Å². The van der Waals surface area contributed by atoms with Gasteiger partial charge in [0.1, 0.15) is 0 Å². The third kappa shape index (κ3) is 3.36. The molecule has 0 aromatic heterocycles. The highest BCUT2D eigenvalue weighted by Gasteiger charge is 2.20. The molecule has 0 aliphatic rings. The smallest absolute Gasteiger partial charge is 0.0764 e. The summed E-state index contributed by atoms with van der Waals surface area (Å²) in [5, 5.41) is 1.27. The molecule has 1 aromatic carbocycles. The minimum absolute atomic E-state index is 0.0269. The summed E-state index contributed by atoms with van der Waals surface area (Å²) in [5.74, 6) is 0. The Morgan fingerprint density at radius 3 is 2.62 bits per heavy atom. The summed E-state index contributed by atoms with van der Waals surface area (Å²) in [6, 6.07) is 5.08. The highest BCUT2D eigenvalue weighted by molar-refractivity contribution is 6.33. The number of benzene rings is 1. The zero-order chi connectivity index (χ0) is 12.1. The average molecular weight is 262 g/mol. The van der Waals surface area contributed by atoms with Crippen LogP contribution in [0.4, 0.5) is 0 Å². The number of hydrogen-bond donors (Lipinski definition) is 1. The van der Waals surface area contributed by atoms with E-state index >= 15 is 0 Å². The average Bonchev–Trinajstić information content (AvgIpc) is 2.28. The number of halogens is 2. The van der Waals surface area contributed by atoms with Crippen molar-refractivity contribution in [3.05, 3.63) is 33.8 Å². The van der Waals surface area contributed by atoms with Crippen LogP contribution in [-0.4, -0.2) is 13.2 Å². The van der Waals surface area contributed by atoms with Crippen molar-refractivity contribution < 1.29 is 4.74 Å². The van der Waals surface area contributed by atoms with Gasteiger partial charge in [-0.3, -0.25) is 0 Å². The lowest BCUT2D eigenvalue weighted by Crippen LogP contribution is -2.28. The predicted octanol–water partition coefficient (Wildman–Crippen LogP) is 3.81. The Labute approximate surface area is 107 Å². The molecule has 1 aromatic rings. The van der Waals surface area contributed by atoms with Crippen molar-refractivity contribution in [3.8, 4) is 0 Å². The molecule has 4 heteroatoms. The molecule has 0 radical (unpaired) electrons. The maximum Gasteiger partial charge on any atom is 0.0764 e. The number of rotatable bonds is 5. The Morgan fingerprint density at radius 2 is 2.06 bits per heavy atom. The second-order valence-corrected chi connectivity index (χ2v) is 4.60. The zero-order valence-corrected chi connectivity index (χ0v) is 11.1. The number of ether oxygens (including phenoxy) is 1. The molecule has 0 heterocycles. The van der Waals surface area contributed by atoms with Gasteiger partial charge in [-0.15, -0.1) is 0 Å². The molecule has 90 valence electrons. The van der Waals surface area contributed by atoms with E-state index in [1.54, 1.807) is 25.3 Å². The van der Waals surface area contributed by atoms with Crippen LogP contribution in [0.15, 0.2) is 18.2 Å². The third-order valence-electron chi connectivity index (χ3n) is 2.59. The molecule has 2 atom stereocenters. The van der Waals surface area contributed by atoms with Crippen LogP contribution in [0.2, 0.25) is 10.0 Å². The molecule has 0 amide bonds. The maximum absolute atomic E-state index is 6.14. The van der Waals surface area contributed by atoms with E-state index in [0.29, 0.717) is 10.0 Å². The normalized spacial score (nSPS) is 14.8. The molecule has 0 aliphatic carbocycles. The SMILES string of the molecule is CCCC(OC)C(N)c1cc(Cl)ccc1Cl. The summed E-state index contributed by atoms with van der Waals surface area (Å²) < 4.78 is 5.38. The van der Waals surface area contributed by atoms with Gasteiger partial charge >= 0.3 is 0 Å². The quantitative estimate of drug-likeness (QED) is 0.875. The second kappa shape index (κ2) is 6.45. The van der Waals surface area contributed by atoms with E-state index in [0.717, 1.165) is 18.4 Å². The summed E-state index contributed by atoms with van der Waals surface area (Å²) in [6.45, 7) is 2.10. The van der Waals surface area contributed by atoms with E-state index in [-0.39, 0.29) is 12.1 Å². The van der Waals surface area contributed by atoms with Gasteiger partial charge in [-0.1, -0.05) is 36.5 Å². The van der Waals surface area contributed by atoms with Gasteiger partial charge in [0.05, 0.1) is 12.1 Å². The first-order valence-electron chi connectivity index (χ1n) is 5.33. The second-order valence-electron chi connectivity index (χ2n) is 3.75. The van der Waals surface area contributed by atoms with Gasteiger partial charge in [-0.2, -0.15) is 0 Å². The Hall–Kier alpha value is -0.280. The molecule has 0 fully saturated rings. The minimum Gasteiger partial charge on any atom is -0.379 e. The molecule has 2 unspecified atom stereocenters. The first kappa shape index (κ1) is 13.8. The fourth-order valence-corrected chi connectivity index (χ4v) is 2.12. The van der Waals surface area contributed by atoms with Crippen molar-refractivity contribution in [2.24, 2.45) is 5.73 Å². The summed E-state index contributed by atoms with van der Waals surface area (Å²) in [7, 11) is 1.67. The Morgan fingerprint density at radius 1 is 1.38 bits per heavy atom. The molecular weight excluding hydrogens is 245 g/mol. The van der Waals surface area contributed by atoms with Crippen molar-refractivity contribution in [2.75, 3.05) is 7.11 Å². The molecule has 0 saturated carbocycles. The van der Waals surface area contributed by atoms with Crippen LogP contribution in [0.1, 0.15) is 31.4 Å². The third-order valence-corrected chi connectivity index (χ3v) is 3.17. The van der Waals surface area contributed by atoms with E-state index < -0.39 is 0 Å². The van der Waals surface area contributed by atoms with Crippen molar-refractivity contribution in [1.29, 1.82) is 0 Å². The van der Waals surface area contributed by atoms with E-state index in [2.05, 4.69) is 6.92 Å². The predicted molar refractivity (Wildman–Crippen MR) is 69.1 cm³/mol.